The van der Waals surface area contributed by atoms with Crippen LogP contribution in [0.25, 0.3) is 5.69 Å². The second-order valence-electron chi connectivity index (χ2n) is 4.70. The molecule has 0 aliphatic heterocycles. The Hall–Kier alpha value is -2.84. The summed E-state index contributed by atoms with van der Waals surface area (Å²) in [5.41, 5.74) is 3.20. The van der Waals surface area contributed by atoms with E-state index in [1.54, 1.807) is 23.0 Å². The number of pyridine rings is 1. The number of nitrogens with one attached hydrogen (secondary N) is 1. The Morgan fingerprint density at radius 2 is 2.09 bits per heavy atom. The zero-order chi connectivity index (χ0) is 15.5. The number of aromatic nitrogens is 3. The van der Waals surface area contributed by atoms with Gasteiger partial charge >= 0.3 is 0 Å². The number of benzene rings is 1. The van der Waals surface area contributed by atoms with E-state index < -0.39 is 0 Å². The van der Waals surface area contributed by atoms with E-state index in [2.05, 4.69) is 15.4 Å². The maximum atomic E-state index is 8.78. The average Bonchev–Trinajstić information content (AvgIpc) is 2.89. The number of anilines is 2. The molecule has 3 rings (SSSR count). The molecule has 6 heteroatoms. The second kappa shape index (κ2) is 5.88. The Labute approximate surface area is 132 Å². The van der Waals surface area contributed by atoms with Crippen LogP contribution in [0.3, 0.4) is 0 Å². The molecule has 0 fully saturated rings. The molecule has 22 heavy (non-hydrogen) atoms. The van der Waals surface area contributed by atoms with Gasteiger partial charge in [0.2, 0.25) is 0 Å². The fourth-order valence-electron chi connectivity index (χ4n) is 2.07. The van der Waals surface area contributed by atoms with E-state index in [9.17, 15) is 0 Å². The molecule has 3 aromatic rings. The van der Waals surface area contributed by atoms with E-state index in [1.165, 1.54) is 6.20 Å². The largest absolute Gasteiger partial charge is 0.337 e. The lowest BCUT2D eigenvalue weighted by atomic mass is 10.3. The van der Waals surface area contributed by atoms with E-state index in [0.717, 1.165) is 17.1 Å². The molecule has 1 N–H and O–H groups in total. The van der Waals surface area contributed by atoms with E-state index in [0.29, 0.717) is 16.4 Å². The summed E-state index contributed by atoms with van der Waals surface area (Å²) in [4.78, 5) is 4.19. The lowest BCUT2D eigenvalue weighted by Gasteiger charge is -2.07. The predicted molar refractivity (Wildman–Crippen MR) is 85.5 cm³/mol. The SMILES string of the molecule is Cc1c(Nc2ccc(C#N)cn2)cnn1-c1cccc(Cl)c1. The summed E-state index contributed by atoms with van der Waals surface area (Å²) >= 11 is 6.02. The molecule has 1 aromatic carbocycles. The van der Waals surface area contributed by atoms with E-state index >= 15 is 0 Å². The summed E-state index contributed by atoms with van der Waals surface area (Å²) in [5, 5.41) is 17.0. The smallest absolute Gasteiger partial charge is 0.130 e. The molecule has 2 aromatic heterocycles. The summed E-state index contributed by atoms with van der Waals surface area (Å²) in [6, 6.07) is 13.0. The Morgan fingerprint density at radius 1 is 1.23 bits per heavy atom. The van der Waals surface area contributed by atoms with Crippen LogP contribution in [0.1, 0.15) is 11.3 Å². The quantitative estimate of drug-likeness (QED) is 0.798. The van der Waals surface area contributed by atoms with Crippen molar-refractivity contribution in [3.8, 4) is 11.8 Å². The predicted octanol–water partition coefficient (Wildman–Crippen LogP) is 3.84. The van der Waals surface area contributed by atoms with Gasteiger partial charge in [-0.15, -0.1) is 0 Å². The van der Waals surface area contributed by atoms with Crippen molar-refractivity contribution in [3.63, 3.8) is 0 Å². The topological polar surface area (TPSA) is 66.5 Å². The van der Waals surface area contributed by atoms with Crippen LogP contribution in [0.15, 0.2) is 48.8 Å². The highest BCUT2D eigenvalue weighted by Crippen LogP contribution is 2.23. The van der Waals surface area contributed by atoms with Crippen molar-refractivity contribution in [1.82, 2.24) is 14.8 Å². The number of nitrogens with zero attached hydrogens (tertiary/aromatic N) is 4. The maximum Gasteiger partial charge on any atom is 0.130 e. The van der Waals surface area contributed by atoms with Gasteiger partial charge in [0.25, 0.3) is 0 Å². The summed E-state index contributed by atoms with van der Waals surface area (Å²) < 4.78 is 1.80. The second-order valence-corrected chi connectivity index (χ2v) is 5.14. The molecule has 0 aliphatic carbocycles. The van der Waals surface area contributed by atoms with Crippen LogP contribution in [0.5, 0.6) is 0 Å². The first-order valence-corrected chi connectivity index (χ1v) is 6.99. The molecule has 0 saturated heterocycles. The Kier molecular flexibility index (Phi) is 3.77. The molecule has 0 saturated carbocycles. The molecule has 0 atom stereocenters. The zero-order valence-corrected chi connectivity index (χ0v) is 12.5. The van der Waals surface area contributed by atoms with E-state index in [1.807, 2.05) is 37.3 Å². The molecular formula is C16H12ClN5. The van der Waals surface area contributed by atoms with Gasteiger partial charge in [0.1, 0.15) is 11.9 Å². The monoisotopic (exact) mass is 309 g/mol. The number of hydrogen-bond acceptors (Lipinski definition) is 4. The number of rotatable bonds is 3. The first kappa shape index (κ1) is 14.1. The van der Waals surface area contributed by atoms with Gasteiger partial charge in [-0.25, -0.2) is 9.67 Å². The van der Waals surface area contributed by atoms with Gasteiger partial charge in [0.15, 0.2) is 0 Å². The molecule has 5 nitrogen and oxygen atoms in total. The van der Waals surface area contributed by atoms with Crippen molar-refractivity contribution in [2.75, 3.05) is 5.32 Å². The fraction of sp³-hybridized carbons (Fsp3) is 0.0625. The molecule has 0 bridgehead atoms. The van der Waals surface area contributed by atoms with Crippen LogP contribution in [-0.4, -0.2) is 14.8 Å². The molecule has 0 spiro atoms. The van der Waals surface area contributed by atoms with Gasteiger partial charge in [-0.1, -0.05) is 17.7 Å². The highest BCUT2D eigenvalue weighted by atomic mass is 35.5. The number of nitriles is 1. The first-order valence-electron chi connectivity index (χ1n) is 6.61. The minimum absolute atomic E-state index is 0.525. The van der Waals surface area contributed by atoms with Gasteiger partial charge in [-0.3, -0.25) is 0 Å². The standard InChI is InChI=1S/C16H12ClN5/c1-11-15(21-16-6-5-12(8-18)9-19-16)10-20-22(11)14-4-2-3-13(17)7-14/h2-7,9-10H,1H3,(H,19,21). The summed E-state index contributed by atoms with van der Waals surface area (Å²) in [6.45, 7) is 1.96. The zero-order valence-electron chi connectivity index (χ0n) is 11.8. The number of hydrogen-bond donors (Lipinski definition) is 1. The summed E-state index contributed by atoms with van der Waals surface area (Å²) in [6.07, 6.45) is 3.26. The lowest BCUT2D eigenvalue weighted by molar-refractivity contribution is 0.847. The van der Waals surface area contributed by atoms with Gasteiger partial charge in [0, 0.05) is 11.2 Å². The van der Waals surface area contributed by atoms with E-state index in [-0.39, 0.29) is 0 Å². The molecular weight excluding hydrogens is 298 g/mol. The minimum atomic E-state index is 0.525. The Bertz CT molecular complexity index is 846. The van der Waals surface area contributed by atoms with Crippen molar-refractivity contribution in [3.05, 3.63) is 65.1 Å². The Morgan fingerprint density at radius 3 is 2.77 bits per heavy atom. The van der Waals surface area contributed by atoms with Crippen molar-refractivity contribution >= 4 is 23.1 Å². The minimum Gasteiger partial charge on any atom is -0.337 e. The van der Waals surface area contributed by atoms with Crippen molar-refractivity contribution in [2.45, 2.75) is 6.92 Å². The van der Waals surface area contributed by atoms with Crippen LogP contribution >= 0.6 is 11.6 Å². The summed E-state index contributed by atoms with van der Waals surface area (Å²) in [5.74, 6) is 0.660. The van der Waals surface area contributed by atoms with E-state index in [4.69, 9.17) is 16.9 Å². The highest BCUT2D eigenvalue weighted by Gasteiger charge is 2.09. The molecule has 0 aliphatic rings. The van der Waals surface area contributed by atoms with Crippen molar-refractivity contribution in [2.24, 2.45) is 0 Å². The molecule has 0 unspecified atom stereocenters. The first-order chi connectivity index (χ1) is 10.7. The van der Waals surface area contributed by atoms with Crippen molar-refractivity contribution < 1.29 is 0 Å². The maximum absolute atomic E-state index is 8.78. The molecule has 0 amide bonds. The van der Waals surface area contributed by atoms with Gasteiger partial charge in [0.05, 0.1) is 28.8 Å². The molecule has 0 radical (unpaired) electrons. The highest BCUT2D eigenvalue weighted by molar-refractivity contribution is 6.30. The normalized spacial score (nSPS) is 10.2. The van der Waals surface area contributed by atoms with Crippen LogP contribution in [-0.2, 0) is 0 Å². The molecule has 2 heterocycles. The van der Waals surface area contributed by atoms with Crippen molar-refractivity contribution in [1.29, 1.82) is 5.26 Å². The molecule has 108 valence electrons. The van der Waals surface area contributed by atoms with Crippen LogP contribution in [0.4, 0.5) is 11.5 Å². The Balaban J connectivity index is 1.88. The fourth-order valence-corrected chi connectivity index (χ4v) is 2.26. The third-order valence-electron chi connectivity index (χ3n) is 3.22. The third-order valence-corrected chi connectivity index (χ3v) is 3.45. The van der Waals surface area contributed by atoms with Gasteiger partial charge in [-0.05, 0) is 37.3 Å². The lowest BCUT2D eigenvalue weighted by Crippen LogP contribution is -2.00. The average molecular weight is 310 g/mol. The number of halogens is 1. The van der Waals surface area contributed by atoms with Crippen LogP contribution < -0.4 is 5.32 Å². The van der Waals surface area contributed by atoms with Crippen LogP contribution in [0, 0.1) is 18.3 Å². The summed E-state index contributed by atoms with van der Waals surface area (Å²) in [7, 11) is 0. The van der Waals surface area contributed by atoms with Gasteiger partial charge < -0.3 is 5.32 Å². The third kappa shape index (κ3) is 2.78. The van der Waals surface area contributed by atoms with Crippen LogP contribution in [0.2, 0.25) is 5.02 Å². The van der Waals surface area contributed by atoms with Gasteiger partial charge in [-0.2, -0.15) is 10.4 Å².